The number of aryl methyl sites for hydroxylation is 1. The molecule has 3 N–H and O–H groups in total. The van der Waals surface area contributed by atoms with Crippen molar-refractivity contribution in [1.29, 1.82) is 0 Å². The van der Waals surface area contributed by atoms with Crippen LogP contribution in [0.4, 0.5) is 5.82 Å². The highest BCUT2D eigenvalue weighted by molar-refractivity contribution is 6.42. The second-order valence-electron chi connectivity index (χ2n) is 8.11. The van der Waals surface area contributed by atoms with Gasteiger partial charge in [-0.15, -0.1) is 0 Å². The van der Waals surface area contributed by atoms with Crippen LogP contribution in [0.25, 0.3) is 10.9 Å². The van der Waals surface area contributed by atoms with Gasteiger partial charge in [0.2, 0.25) is 0 Å². The number of nitrogens with zero attached hydrogens (tertiary/aromatic N) is 2. The number of halogens is 2. The molecule has 4 atom stereocenters. The van der Waals surface area contributed by atoms with Crippen LogP contribution in [0.3, 0.4) is 0 Å². The van der Waals surface area contributed by atoms with E-state index in [9.17, 15) is 0 Å². The van der Waals surface area contributed by atoms with Crippen molar-refractivity contribution in [3.8, 4) is 0 Å². The molecule has 0 spiro atoms. The maximum absolute atomic E-state index is 6.26. The van der Waals surface area contributed by atoms with Gasteiger partial charge in [0, 0.05) is 17.5 Å². The minimum Gasteiger partial charge on any atom is -0.367 e. The van der Waals surface area contributed by atoms with E-state index in [1.165, 1.54) is 11.1 Å². The minimum atomic E-state index is 0.212. The second-order valence-corrected chi connectivity index (χ2v) is 8.92. The van der Waals surface area contributed by atoms with E-state index in [1.807, 2.05) is 12.1 Å². The lowest BCUT2D eigenvalue weighted by molar-refractivity contribution is 0.289. The predicted octanol–water partition coefficient (Wildman–Crippen LogP) is 5.04. The van der Waals surface area contributed by atoms with Crippen LogP contribution >= 0.6 is 23.2 Å². The number of anilines is 1. The first-order valence-corrected chi connectivity index (χ1v) is 10.8. The normalized spacial score (nSPS) is 26.4. The topological polar surface area (TPSA) is 61.9 Å². The molecule has 2 fully saturated rings. The van der Waals surface area contributed by atoms with Crippen LogP contribution in [0.1, 0.15) is 36.4 Å². The van der Waals surface area contributed by atoms with E-state index in [4.69, 9.17) is 23.2 Å². The first-order chi connectivity index (χ1) is 14.1. The zero-order valence-electron chi connectivity index (χ0n) is 16.1. The molecule has 0 bridgehead atoms. The molecular formula is C22H23Cl2N5. The van der Waals surface area contributed by atoms with E-state index in [2.05, 4.69) is 57.3 Å². The van der Waals surface area contributed by atoms with Crippen LogP contribution in [0.15, 0.2) is 42.7 Å². The Bertz CT molecular complexity index is 1060. The summed E-state index contributed by atoms with van der Waals surface area (Å²) in [7, 11) is 0. The van der Waals surface area contributed by atoms with E-state index >= 15 is 0 Å². The maximum atomic E-state index is 6.26. The van der Waals surface area contributed by atoms with E-state index in [-0.39, 0.29) is 6.04 Å². The summed E-state index contributed by atoms with van der Waals surface area (Å²) >= 11 is 12.4. The smallest absolute Gasteiger partial charge is 0.137 e. The van der Waals surface area contributed by atoms with E-state index in [0.717, 1.165) is 36.0 Å². The molecule has 150 valence electrons. The molecule has 5 rings (SSSR count). The number of rotatable bonds is 3. The summed E-state index contributed by atoms with van der Waals surface area (Å²) < 4.78 is 0. The Kier molecular flexibility index (Phi) is 5.08. The van der Waals surface area contributed by atoms with Gasteiger partial charge < -0.3 is 5.32 Å². The molecule has 2 heterocycles. The second kappa shape index (κ2) is 7.73. The molecule has 2 aliphatic rings. The zero-order valence-corrected chi connectivity index (χ0v) is 17.6. The molecule has 1 saturated heterocycles. The van der Waals surface area contributed by atoms with E-state index < -0.39 is 0 Å². The lowest BCUT2D eigenvalue weighted by Crippen LogP contribution is -2.39. The first kappa shape index (κ1) is 19.1. The van der Waals surface area contributed by atoms with Gasteiger partial charge in [0.1, 0.15) is 12.1 Å². The quantitative estimate of drug-likeness (QED) is 0.546. The number of benzene rings is 2. The third-order valence-electron chi connectivity index (χ3n) is 6.19. The number of hydrogen-bond acceptors (Lipinski definition) is 5. The first-order valence-electron chi connectivity index (χ1n) is 10.0. The molecule has 7 heteroatoms. The highest BCUT2D eigenvalue weighted by Gasteiger charge is 2.41. The van der Waals surface area contributed by atoms with E-state index in [1.54, 1.807) is 6.33 Å². The molecule has 1 aliphatic carbocycles. The summed E-state index contributed by atoms with van der Waals surface area (Å²) in [6.45, 7) is 2.10. The Hall–Kier alpha value is -1.92. The highest BCUT2D eigenvalue weighted by Crippen LogP contribution is 2.40. The molecule has 0 radical (unpaired) electrons. The van der Waals surface area contributed by atoms with Gasteiger partial charge in [-0.05, 0) is 61.9 Å². The fourth-order valence-corrected chi connectivity index (χ4v) is 5.01. The van der Waals surface area contributed by atoms with Gasteiger partial charge in [-0.3, -0.25) is 5.43 Å². The molecular weight excluding hydrogens is 405 g/mol. The molecule has 3 aromatic rings. The average molecular weight is 428 g/mol. The molecule has 1 saturated carbocycles. The summed E-state index contributed by atoms with van der Waals surface area (Å²) in [5, 5.41) is 5.97. The van der Waals surface area contributed by atoms with Gasteiger partial charge in [-0.2, -0.15) is 0 Å². The lowest BCUT2D eigenvalue weighted by Gasteiger charge is -2.34. The number of fused-ring (bicyclic) bond motifs is 2. The predicted molar refractivity (Wildman–Crippen MR) is 118 cm³/mol. The molecule has 1 aliphatic heterocycles. The van der Waals surface area contributed by atoms with Crippen molar-refractivity contribution >= 4 is 39.9 Å². The van der Waals surface area contributed by atoms with Crippen LogP contribution in [-0.2, 0) is 0 Å². The SMILES string of the molecule is Cc1ccc2ncnc(NC3CCC4NNC(c5ccc(Cl)c(Cl)c5)C4C3)c2c1. The van der Waals surface area contributed by atoms with E-state index in [0.29, 0.717) is 28.0 Å². The Morgan fingerprint density at radius 1 is 1.00 bits per heavy atom. The number of hydrazine groups is 1. The Morgan fingerprint density at radius 3 is 2.76 bits per heavy atom. The number of hydrogen-bond donors (Lipinski definition) is 3. The van der Waals surface area contributed by atoms with Crippen LogP contribution in [0, 0.1) is 12.8 Å². The Balaban J connectivity index is 1.38. The lowest BCUT2D eigenvalue weighted by atomic mass is 9.77. The monoisotopic (exact) mass is 427 g/mol. The summed E-state index contributed by atoms with van der Waals surface area (Å²) in [6.07, 6.45) is 4.90. The van der Waals surface area contributed by atoms with Crippen molar-refractivity contribution in [2.75, 3.05) is 5.32 Å². The van der Waals surface area contributed by atoms with Crippen molar-refractivity contribution in [1.82, 2.24) is 20.8 Å². The minimum absolute atomic E-state index is 0.212. The van der Waals surface area contributed by atoms with Gasteiger partial charge >= 0.3 is 0 Å². The van der Waals surface area contributed by atoms with Gasteiger partial charge in [0.05, 0.1) is 21.6 Å². The van der Waals surface area contributed by atoms with Crippen molar-refractivity contribution in [3.05, 3.63) is 63.9 Å². The van der Waals surface area contributed by atoms with Crippen LogP contribution in [0.2, 0.25) is 10.0 Å². The molecule has 1 aromatic heterocycles. The molecule has 0 amide bonds. The average Bonchev–Trinajstić information content (AvgIpc) is 3.14. The summed E-state index contributed by atoms with van der Waals surface area (Å²) in [6, 6.07) is 13.2. The standard InChI is InChI=1S/C22H23Cl2N5/c1-12-2-6-19-16(8-12)22(26-11-25-19)27-14-4-7-20-15(10-14)21(29-28-20)13-3-5-17(23)18(24)9-13/h2-3,5-6,8-9,11,14-15,20-21,28-29H,4,7,10H2,1H3,(H,25,26,27). The van der Waals surface area contributed by atoms with Crippen molar-refractivity contribution in [2.24, 2.45) is 5.92 Å². The Morgan fingerprint density at radius 2 is 1.90 bits per heavy atom. The fraction of sp³-hybridized carbons (Fsp3) is 0.364. The van der Waals surface area contributed by atoms with Gasteiger partial charge in [0.15, 0.2) is 0 Å². The van der Waals surface area contributed by atoms with Crippen molar-refractivity contribution < 1.29 is 0 Å². The largest absolute Gasteiger partial charge is 0.367 e. The maximum Gasteiger partial charge on any atom is 0.137 e. The third kappa shape index (κ3) is 3.68. The highest BCUT2D eigenvalue weighted by atomic mass is 35.5. The summed E-state index contributed by atoms with van der Waals surface area (Å²) in [4.78, 5) is 8.94. The summed E-state index contributed by atoms with van der Waals surface area (Å²) in [5.74, 6) is 1.39. The van der Waals surface area contributed by atoms with Crippen LogP contribution in [-0.4, -0.2) is 22.1 Å². The zero-order chi connectivity index (χ0) is 20.0. The van der Waals surface area contributed by atoms with Crippen molar-refractivity contribution in [3.63, 3.8) is 0 Å². The van der Waals surface area contributed by atoms with Gasteiger partial charge in [0.25, 0.3) is 0 Å². The van der Waals surface area contributed by atoms with Crippen LogP contribution < -0.4 is 16.2 Å². The van der Waals surface area contributed by atoms with Gasteiger partial charge in [-0.25, -0.2) is 15.4 Å². The van der Waals surface area contributed by atoms with Crippen molar-refractivity contribution in [2.45, 2.75) is 44.3 Å². The van der Waals surface area contributed by atoms with Crippen LogP contribution in [0.5, 0.6) is 0 Å². The third-order valence-corrected chi connectivity index (χ3v) is 6.93. The molecule has 5 nitrogen and oxygen atoms in total. The van der Waals surface area contributed by atoms with Gasteiger partial charge in [-0.1, -0.05) is 40.9 Å². The molecule has 29 heavy (non-hydrogen) atoms. The number of aromatic nitrogens is 2. The fourth-order valence-electron chi connectivity index (χ4n) is 4.70. The Labute approximate surface area is 180 Å². The molecule has 2 aromatic carbocycles. The molecule has 4 unspecified atom stereocenters. The number of nitrogens with one attached hydrogen (secondary N) is 3. The summed E-state index contributed by atoms with van der Waals surface area (Å²) in [5.41, 5.74) is 10.3.